The minimum Gasteiger partial charge on any atom is -0.508 e. The van der Waals surface area contributed by atoms with Crippen LogP contribution in [0.4, 0.5) is 3.89 Å². The fraction of sp³-hybridized carbons (Fsp3) is 0.467. The van der Waals surface area contributed by atoms with Crippen LogP contribution in [0.15, 0.2) is 24.3 Å². The second kappa shape index (κ2) is 7.16. The van der Waals surface area contributed by atoms with Crippen molar-refractivity contribution in [2.45, 2.75) is 18.9 Å². The Bertz CT molecular complexity index is 718. The molecular weight excluding hydrogens is 341 g/mol. The summed E-state index contributed by atoms with van der Waals surface area (Å²) in [4.78, 5) is 25.4. The van der Waals surface area contributed by atoms with E-state index in [2.05, 4.69) is 0 Å². The van der Waals surface area contributed by atoms with Crippen molar-refractivity contribution >= 4 is 22.1 Å². The van der Waals surface area contributed by atoms with Crippen LogP contribution in [0.2, 0.25) is 0 Å². The molecule has 0 saturated carbocycles. The maximum absolute atomic E-state index is 12.8. The topological polar surface area (TPSA) is 101 Å². The van der Waals surface area contributed by atoms with Crippen molar-refractivity contribution in [3.63, 3.8) is 0 Å². The molecule has 1 amide bonds. The van der Waals surface area contributed by atoms with Crippen LogP contribution >= 0.6 is 0 Å². The maximum Gasteiger partial charge on any atom is 0.328 e. The Kier molecular flexibility index (Phi) is 5.43. The van der Waals surface area contributed by atoms with Gasteiger partial charge in [-0.05, 0) is 17.7 Å². The quantitative estimate of drug-likeness (QED) is 0.590. The molecule has 1 aromatic rings. The normalized spacial score (nSPS) is 19.3. The molecule has 0 spiro atoms. The molecule has 1 aliphatic rings. The number of methoxy groups -OCH3 is 1. The van der Waals surface area contributed by atoms with E-state index >= 15 is 0 Å². The van der Waals surface area contributed by atoms with Crippen molar-refractivity contribution in [1.82, 2.24) is 4.90 Å². The third kappa shape index (κ3) is 4.67. The Labute approximate surface area is 139 Å². The molecule has 1 saturated heterocycles. The lowest BCUT2D eigenvalue weighted by molar-refractivity contribution is -0.151. The number of ether oxygens (including phenoxy) is 1. The van der Waals surface area contributed by atoms with Crippen LogP contribution in [-0.4, -0.2) is 55.7 Å². The third-order valence-electron chi connectivity index (χ3n) is 3.89. The lowest BCUT2D eigenvalue weighted by Crippen LogP contribution is -2.44. The molecule has 1 unspecified atom stereocenters. The van der Waals surface area contributed by atoms with Crippen LogP contribution in [0.1, 0.15) is 12.0 Å². The molecule has 1 aliphatic heterocycles. The highest BCUT2D eigenvalue weighted by molar-refractivity contribution is 7.86. The van der Waals surface area contributed by atoms with Crippen LogP contribution in [0, 0.1) is 5.92 Å². The first-order valence-corrected chi connectivity index (χ1v) is 8.82. The number of aromatic hydroxyl groups is 1. The molecule has 9 heteroatoms. The van der Waals surface area contributed by atoms with E-state index < -0.39 is 39.8 Å². The molecular formula is C15H18FNO6S. The Morgan fingerprint density at radius 1 is 1.42 bits per heavy atom. The zero-order valence-corrected chi connectivity index (χ0v) is 13.8. The van der Waals surface area contributed by atoms with Crippen molar-refractivity contribution in [2.24, 2.45) is 5.92 Å². The summed E-state index contributed by atoms with van der Waals surface area (Å²) in [7, 11) is -3.50. The minimum absolute atomic E-state index is 0.0279. The predicted octanol–water partition coefficient (Wildman–Crippen LogP) is 0.624. The first-order valence-electron chi connectivity index (χ1n) is 7.27. The molecule has 7 nitrogen and oxygen atoms in total. The number of phenols is 1. The van der Waals surface area contributed by atoms with Gasteiger partial charge in [0.25, 0.3) is 0 Å². The zero-order valence-electron chi connectivity index (χ0n) is 13.0. The summed E-state index contributed by atoms with van der Waals surface area (Å²) in [5.74, 6) is -2.43. The highest BCUT2D eigenvalue weighted by Crippen LogP contribution is 2.25. The molecule has 0 radical (unpaired) electrons. The molecule has 0 bridgehead atoms. The van der Waals surface area contributed by atoms with Gasteiger partial charge >= 0.3 is 16.2 Å². The number of rotatable bonds is 6. The van der Waals surface area contributed by atoms with Gasteiger partial charge in [0, 0.05) is 25.3 Å². The van der Waals surface area contributed by atoms with Crippen molar-refractivity contribution in [1.29, 1.82) is 0 Å². The number of benzene rings is 1. The van der Waals surface area contributed by atoms with Gasteiger partial charge in [0.1, 0.15) is 11.8 Å². The Balaban J connectivity index is 2.17. The van der Waals surface area contributed by atoms with Crippen molar-refractivity contribution in [3.8, 4) is 5.75 Å². The molecule has 2 atom stereocenters. The number of carbonyl (C=O) groups is 2. The summed E-state index contributed by atoms with van der Waals surface area (Å²) in [5, 5.41) is 9.29. The number of esters is 1. The van der Waals surface area contributed by atoms with E-state index in [4.69, 9.17) is 4.74 Å². The Hall–Kier alpha value is -2.16. The first kappa shape index (κ1) is 18.2. The second-order valence-electron chi connectivity index (χ2n) is 5.73. The average molecular weight is 359 g/mol. The third-order valence-corrected chi connectivity index (χ3v) is 4.76. The molecule has 24 heavy (non-hydrogen) atoms. The van der Waals surface area contributed by atoms with E-state index in [1.165, 1.54) is 24.1 Å². The number of likely N-dealkylation sites (tertiary alicyclic amines) is 1. The standard InChI is InChI=1S/C15H18FNO6S/c1-23-15(20)13(6-10-2-4-12(18)5-3-10)17-8-11(7-14(17)19)9-24(16,21)22/h2-5,11,13,18H,6-9H2,1H3/t11?,13-/m0/s1. The number of halogens is 1. The Morgan fingerprint density at radius 3 is 2.58 bits per heavy atom. The van der Waals surface area contributed by atoms with E-state index in [0.29, 0.717) is 5.56 Å². The van der Waals surface area contributed by atoms with E-state index in [1.54, 1.807) is 12.1 Å². The van der Waals surface area contributed by atoms with Gasteiger partial charge in [-0.25, -0.2) is 4.79 Å². The summed E-state index contributed by atoms with van der Waals surface area (Å²) in [6.45, 7) is -0.0279. The maximum atomic E-state index is 12.8. The van der Waals surface area contributed by atoms with Crippen LogP contribution < -0.4 is 0 Å². The Morgan fingerprint density at radius 2 is 2.04 bits per heavy atom. The zero-order chi connectivity index (χ0) is 17.9. The summed E-state index contributed by atoms with van der Waals surface area (Å²) in [5.41, 5.74) is 0.692. The van der Waals surface area contributed by atoms with Gasteiger partial charge in [0.05, 0.1) is 12.9 Å². The molecule has 1 aromatic carbocycles. The number of amides is 1. The van der Waals surface area contributed by atoms with Gasteiger partial charge in [-0.1, -0.05) is 12.1 Å². The van der Waals surface area contributed by atoms with E-state index in [1.807, 2.05) is 0 Å². The van der Waals surface area contributed by atoms with E-state index in [-0.39, 0.29) is 25.1 Å². The molecule has 132 valence electrons. The lowest BCUT2D eigenvalue weighted by atomic mass is 10.0. The highest BCUT2D eigenvalue weighted by Gasteiger charge is 2.39. The molecule has 2 rings (SSSR count). The van der Waals surface area contributed by atoms with Crippen molar-refractivity contribution in [3.05, 3.63) is 29.8 Å². The van der Waals surface area contributed by atoms with Crippen LogP contribution in [0.25, 0.3) is 0 Å². The SMILES string of the molecule is COC(=O)[C@H](Cc1ccc(O)cc1)N1CC(CS(=O)(=O)F)CC1=O. The number of hydrogen-bond acceptors (Lipinski definition) is 6. The molecule has 1 fully saturated rings. The lowest BCUT2D eigenvalue weighted by Gasteiger charge is -2.26. The number of hydrogen-bond donors (Lipinski definition) is 1. The highest BCUT2D eigenvalue weighted by atomic mass is 32.3. The fourth-order valence-electron chi connectivity index (χ4n) is 2.82. The van der Waals surface area contributed by atoms with Gasteiger partial charge in [-0.3, -0.25) is 4.79 Å². The fourth-order valence-corrected chi connectivity index (χ4v) is 3.60. The monoisotopic (exact) mass is 359 g/mol. The molecule has 0 aromatic heterocycles. The summed E-state index contributed by atoms with van der Waals surface area (Å²) < 4.78 is 39.1. The summed E-state index contributed by atoms with van der Waals surface area (Å²) in [6.07, 6.45) is 0.0139. The van der Waals surface area contributed by atoms with Gasteiger partial charge in [0.15, 0.2) is 0 Å². The van der Waals surface area contributed by atoms with Gasteiger partial charge < -0.3 is 14.7 Å². The smallest absolute Gasteiger partial charge is 0.328 e. The van der Waals surface area contributed by atoms with Gasteiger partial charge in [-0.2, -0.15) is 8.42 Å². The molecule has 1 N–H and O–H groups in total. The molecule has 0 aliphatic carbocycles. The first-order chi connectivity index (χ1) is 11.2. The number of nitrogens with zero attached hydrogens (tertiary/aromatic N) is 1. The number of phenolic OH excluding ortho intramolecular Hbond substituents is 1. The average Bonchev–Trinajstić information content (AvgIpc) is 2.84. The minimum atomic E-state index is -4.69. The van der Waals surface area contributed by atoms with Gasteiger partial charge in [0.2, 0.25) is 5.91 Å². The summed E-state index contributed by atoms with van der Waals surface area (Å²) in [6, 6.07) is 5.19. The van der Waals surface area contributed by atoms with Crippen molar-refractivity contribution in [2.75, 3.05) is 19.4 Å². The van der Waals surface area contributed by atoms with Crippen LogP contribution in [0.3, 0.4) is 0 Å². The molecule has 1 heterocycles. The largest absolute Gasteiger partial charge is 0.508 e. The number of carbonyl (C=O) groups excluding carboxylic acids is 2. The van der Waals surface area contributed by atoms with Gasteiger partial charge in [-0.15, -0.1) is 3.89 Å². The van der Waals surface area contributed by atoms with E-state index in [0.717, 1.165) is 0 Å². The van der Waals surface area contributed by atoms with Crippen LogP contribution in [-0.2, 0) is 31.0 Å². The summed E-state index contributed by atoms with van der Waals surface area (Å²) >= 11 is 0. The van der Waals surface area contributed by atoms with Crippen LogP contribution in [0.5, 0.6) is 5.75 Å². The van der Waals surface area contributed by atoms with Crippen molar-refractivity contribution < 1.29 is 31.7 Å². The van der Waals surface area contributed by atoms with E-state index in [9.17, 15) is 27.0 Å². The predicted molar refractivity (Wildman–Crippen MR) is 82.3 cm³/mol. The second-order valence-corrected chi connectivity index (χ2v) is 7.14.